The molecule has 3 atom stereocenters. The van der Waals surface area contributed by atoms with E-state index in [1.165, 1.54) is 0 Å². The molecule has 2 N–H and O–H groups in total. The number of carbonyl (C=O) groups excluding carboxylic acids is 1. The van der Waals surface area contributed by atoms with Gasteiger partial charge in [0.1, 0.15) is 12.1 Å². The molecule has 0 heterocycles. The number of nitrogens with two attached hydrogens (primary N) is 1. The maximum atomic E-state index is 11.7. The lowest BCUT2D eigenvalue weighted by molar-refractivity contribution is -0.155. The Morgan fingerprint density at radius 1 is 1.31 bits per heavy atom. The number of rotatable bonds is 4. The van der Waals surface area contributed by atoms with Crippen LogP contribution in [-0.4, -0.2) is 31.3 Å². The summed E-state index contributed by atoms with van der Waals surface area (Å²) in [5, 5.41) is 0. The minimum Gasteiger partial charge on any atom is -0.461 e. The fourth-order valence-corrected chi connectivity index (χ4v) is 1.94. The van der Waals surface area contributed by atoms with Crippen LogP contribution < -0.4 is 5.73 Å². The molecule has 2 unspecified atom stereocenters. The van der Waals surface area contributed by atoms with Crippen molar-refractivity contribution in [1.29, 1.82) is 0 Å². The molecule has 0 bridgehead atoms. The summed E-state index contributed by atoms with van der Waals surface area (Å²) in [6.07, 6.45) is 4.04. The van der Waals surface area contributed by atoms with Crippen molar-refractivity contribution in [3.05, 3.63) is 0 Å². The van der Waals surface area contributed by atoms with Gasteiger partial charge in [-0.1, -0.05) is 13.8 Å². The van der Waals surface area contributed by atoms with Crippen molar-refractivity contribution < 1.29 is 14.3 Å². The Morgan fingerprint density at radius 3 is 2.50 bits per heavy atom. The summed E-state index contributed by atoms with van der Waals surface area (Å²) in [5.74, 6) is -0.161. The van der Waals surface area contributed by atoms with E-state index in [4.69, 9.17) is 15.2 Å². The van der Waals surface area contributed by atoms with Crippen LogP contribution in [0.5, 0.6) is 0 Å². The van der Waals surface area contributed by atoms with Crippen molar-refractivity contribution in [3.8, 4) is 0 Å². The molecular weight excluding hydrogens is 206 g/mol. The van der Waals surface area contributed by atoms with E-state index >= 15 is 0 Å². The van der Waals surface area contributed by atoms with Gasteiger partial charge in [0.05, 0.1) is 6.10 Å². The van der Waals surface area contributed by atoms with Crippen LogP contribution in [0.4, 0.5) is 0 Å². The van der Waals surface area contributed by atoms with Gasteiger partial charge in [0, 0.05) is 13.5 Å². The van der Waals surface area contributed by atoms with Gasteiger partial charge < -0.3 is 15.2 Å². The molecule has 0 amide bonds. The van der Waals surface area contributed by atoms with Gasteiger partial charge in [0.25, 0.3) is 0 Å². The molecule has 4 heteroatoms. The van der Waals surface area contributed by atoms with Gasteiger partial charge in [-0.05, 0) is 25.2 Å². The molecule has 1 rings (SSSR count). The van der Waals surface area contributed by atoms with E-state index in [0.717, 1.165) is 25.7 Å². The molecule has 0 saturated heterocycles. The maximum absolute atomic E-state index is 11.7. The molecule has 0 aromatic rings. The Bertz CT molecular complexity index is 230. The van der Waals surface area contributed by atoms with Crippen LogP contribution in [0.3, 0.4) is 0 Å². The number of hydrogen-bond donors (Lipinski definition) is 1. The van der Waals surface area contributed by atoms with Gasteiger partial charge in [-0.25, -0.2) is 0 Å². The summed E-state index contributed by atoms with van der Waals surface area (Å²) < 4.78 is 10.7. The van der Waals surface area contributed by atoms with Crippen LogP contribution in [0.25, 0.3) is 0 Å². The lowest BCUT2D eigenvalue weighted by Gasteiger charge is -2.29. The summed E-state index contributed by atoms with van der Waals surface area (Å²) in [6.45, 7) is 3.84. The molecule has 1 fully saturated rings. The molecule has 0 aromatic heterocycles. The van der Waals surface area contributed by atoms with E-state index in [2.05, 4.69) is 0 Å². The molecule has 4 nitrogen and oxygen atoms in total. The predicted molar refractivity (Wildman–Crippen MR) is 62.0 cm³/mol. The van der Waals surface area contributed by atoms with E-state index in [9.17, 15) is 4.79 Å². The molecule has 0 aromatic carbocycles. The first-order valence-electron chi connectivity index (χ1n) is 6.03. The zero-order chi connectivity index (χ0) is 12.1. The van der Waals surface area contributed by atoms with Crippen molar-refractivity contribution in [2.45, 2.75) is 57.8 Å². The predicted octanol–water partition coefficient (Wildman–Crippen LogP) is 1.47. The fourth-order valence-electron chi connectivity index (χ4n) is 1.94. The normalized spacial score (nSPS) is 27.8. The standard InChI is InChI=1S/C12H23NO3/c1-8(2)11(13)12(14)16-10-6-4-5-9(7-10)15-3/h8-11H,4-7,13H2,1-3H3/t9?,10?,11-/m1/s1. The number of ether oxygens (including phenoxy) is 2. The highest BCUT2D eigenvalue weighted by atomic mass is 16.5. The third-order valence-electron chi connectivity index (χ3n) is 3.18. The minimum atomic E-state index is -0.511. The lowest BCUT2D eigenvalue weighted by atomic mass is 9.94. The molecule has 1 saturated carbocycles. The Balaban J connectivity index is 2.38. The van der Waals surface area contributed by atoms with Crippen LogP contribution in [0.15, 0.2) is 0 Å². The largest absolute Gasteiger partial charge is 0.461 e. The second kappa shape index (κ2) is 6.21. The van der Waals surface area contributed by atoms with Crippen molar-refractivity contribution in [1.82, 2.24) is 0 Å². The zero-order valence-corrected chi connectivity index (χ0v) is 10.4. The summed E-state index contributed by atoms with van der Waals surface area (Å²) in [4.78, 5) is 11.7. The first-order chi connectivity index (χ1) is 7.54. The summed E-state index contributed by atoms with van der Waals surface area (Å²) in [5.41, 5.74) is 5.74. The molecule has 1 aliphatic rings. The Labute approximate surface area is 97.5 Å². The molecule has 1 aliphatic carbocycles. The number of methoxy groups -OCH3 is 1. The van der Waals surface area contributed by atoms with E-state index in [1.807, 2.05) is 13.8 Å². The van der Waals surface area contributed by atoms with Gasteiger partial charge in [-0.15, -0.1) is 0 Å². The monoisotopic (exact) mass is 229 g/mol. The van der Waals surface area contributed by atoms with Crippen LogP contribution in [-0.2, 0) is 14.3 Å². The quantitative estimate of drug-likeness (QED) is 0.742. The first kappa shape index (κ1) is 13.5. The summed E-state index contributed by atoms with van der Waals surface area (Å²) >= 11 is 0. The second-order valence-corrected chi connectivity index (χ2v) is 4.85. The van der Waals surface area contributed by atoms with E-state index in [-0.39, 0.29) is 24.1 Å². The van der Waals surface area contributed by atoms with Gasteiger partial charge in [0.15, 0.2) is 0 Å². The van der Waals surface area contributed by atoms with Crippen LogP contribution >= 0.6 is 0 Å². The first-order valence-corrected chi connectivity index (χ1v) is 6.03. The highest BCUT2D eigenvalue weighted by Crippen LogP contribution is 2.23. The Hall–Kier alpha value is -0.610. The van der Waals surface area contributed by atoms with Crippen molar-refractivity contribution >= 4 is 5.97 Å². The number of esters is 1. The van der Waals surface area contributed by atoms with Gasteiger partial charge in [-0.2, -0.15) is 0 Å². The van der Waals surface area contributed by atoms with Gasteiger partial charge in [0.2, 0.25) is 0 Å². The fraction of sp³-hybridized carbons (Fsp3) is 0.917. The van der Waals surface area contributed by atoms with Crippen LogP contribution in [0.2, 0.25) is 0 Å². The van der Waals surface area contributed by atoms with Crippen molar-refractivity contribution in [3.63, 3.8) is 0 Å². The highest BCUT2D eigenvalue weighted by molar-refractivity contribution is 5.75. The summed E-state index contributed by atoms with van der Waals surface area (Å²) in [7, 11) is 1.70. The Kier molecular flexibility index (Phi) is 5.22. The zero-order valence-electron chi connectivity index (χ0n) is 10.4. The van der Waals surface area contributed by atoms with E-state index in [0.29, 0.717) is 0 Å². The van der Waals surface area contributed by atoms with E-state index in [1.54, 1.807) is 7.11 Å². The van der Waals surface area contributed by atoms with Crippen LogP contribution in [0.1, 0.15) is 39.5 Å². The maximum Gasteiger partial charge on any atom is 0.323 e. The average Bonchev–Trinajstić information content (AvgIpc) is 2.28. The second-order valence-electron chi connectivity index (χ2n) is 4.85. The van der Waals surface area contributed by atoms with Crippen molar-refractivity contribution in [2.24, 2.45) is 11.7 Å². The highest BCUT2D eigenvalue weighted by Gasteiger charge is 2.27. The Morgan fingerprint density at radius 2 is 1.94 bits per heavy atom. The third kappa shape index (κ3) is 3.76. The third-order valence-corrected chi connectivity index (χ3v) is 3.18. The van der Waals surface area contributed by atoms with Crippen LogP contribution in [0, 0.1) is 5.92 Å². The number of hydrogen-bond acceptors (Lipinski definition) is 4. The topological polar surface area (TPSA) is 61.5 Å². The van der Waals surface area contributed by atoms with E-state index < -0.39 is 6.04 Å². The minimum absolute atomic E-state index is 0.0176. The van der Waals surface area contributed by atoms with Gasteiger partial charge >= 0.3 is 5.97 Å². The molecule has 0 radical (unpaired) electrons. The lowest BCUT2D eigenvalue weighted by Crippen LogP contribution is -2.40. The van der Waals surface area contributed by atoms with Crippen molar-refractivity contribution in [2.75, 3.05) is 7.11 Å². The molecule has 16 heavy (non-hydrogen) atoms. The molecule has 94 valence electrons. The molecule has 0 spiro atoms. The molecular formula is C12H23NO3. The average molecular weight is 229 g/mol. The molecule has 0 aliphatic heterocycles. The summed E-state index contributed by atoms with van der Waals surface area (Å²) in [6, 6.07) is -0.511. The number of carbonyl (C=O) groups is 1. The SMILES string of the molecule is COC1CCCC(OC(=O)[C@H](N)C(C)C)C1. The van der Waals surface area contributed by atoms with Gasteiger partial charge in [-0.3, -0.25) is 4.79 Å². The smallest absolute Gasteiger partial charge is 0.323 e.